The van der Waals surface area contributed by atoms with Crippen LogP contribution >= 0.6 is 45.3 Å². The van der Waals surface area contributed by atoms with Gasteiger partial charge in [-0.3, -0.25) is 0 Å². The maximum atomic E-state index is 2.46. The standard InChI is InChI=1S/C34H36S4/c1-3-5-7-9-11-23-19-27-29-21-25(37-33(29)17-15-31(27)35-23)13-14-26-22-30-28-20-24(12-10-8-6-4-2)36-32(28)16-18-34(30)38-26/h13-22H,3-12H2,1-2H3/b14-13+. The number of rotatable bonds is 12. The fraction of sp³-hybridized carbons (Fsp3) is 0.353. The molecule has 2 aromatic carbocycles. The summed E-state index contributed by atoms with van der Waals surface area (Å²) in [6.45, 7) is 4.57. The fourth-order valence-corrected chi connectivity index (χ4v) is 9.64. The molecule has 6 rings (SSSR count). The zero-order valence-electron chi connectivity index (χ0n) is 22.5. The third-order valence-corrected chi connectivity index (χ3v) is 12.0. The Morgan fingerprint density at radius 1 is 0.474 bits per heavy atom. The van der Waals surface area contributed by atoms with Crippen molar-refractivity contribution in [3.63, 3.8) is 0 Å². The topological polar surface area (TPSA) is 0 Å². The van der Waals surface area contributed by atoms with Crippen LogP contribution in [0.25, 0.3) is 52.5 Å². The smallest absolute Gasteiger partial charge is 0.0356 e. The molecular formula is C34H36S4. The van der Waals surface area contributed by atoms with Gasteiger partial charge in [0.2, 0.25) is 0 Å². The molecule has 0 fully saturated rings. The lowest BCUT2D eigenvalue weighted by Gasteiger charge is -1.96. The molecular weight excluding hydrogens is 537 g/mol. The second-order valence-corrected chi connectivity index (χ2v) is 15.0. The second-order valence-electron chi connectivity index (χ2n) is 10.5. The molecule has 0 unspecified atom stereocenters. The van der Waals surface area contributed by atoms with Crippen LogP contribution < -0.4 is 0 Å². The number of aryl methyl sites for hydroxylation is 2. The number of benzene rings is 2. The highest BCUT2D eigenvalue weighted by molar-refractivity contribution is 7.22. The van der Waals surface area contributed by atoms with E-state index >= 15 is 0 Å². The summed E-state index contributed by atoms with van der Waals surface area (Å²) < 4.78 is 5.67. The molecule has 4 heterocycles. The van der Waals surface area contributed by atoms with Crippen LogP contribution in [0.5, 0.6) is 0 Å². The molecule has 0 aliphatic carbocycles. The van der Waals surface area contributed by atoms with Crippen molar-refractivity contribution in [2.24, 2.45) is 0 Å². The van der Waals surface area contributed by atoms with Crippen LogP contribution in [0.4, 0.5) is 0 Å². The molecule has 196 valence electrons. The lowest BCUT2D eigenvalue weighted by molar-refractivity contribution is 0.670. The monoisotopic (exact) mass is 572 g/mol. The third-order valence-electron chi connectivity index (χ3n) is 7.50. The van der Waals surface area contributed by atoms with Gasteiger partial charge in [-0.2, -0.15) is 0 Å². The zero-order valence-corrected chi connectivity index (χ0v) is 25.7. The normalized spacial score (nSPS) is 12.4. The van der Waals surface area contributed by atoms with E-state index in [1.807, 2.05) is 45.3 Å². The summed E-state index contributed by atoms with van der Waals surface area (Å²) in [5, 5.41) is 5.74. The third kappa shape index (κ3) is 5.65. The summed E-state index contributed by atoms with van der Waals surface area (Å²) in [6, 6.07) is 19.0. The van der Waals surface area contributed by atoms with E-state index in [4.69, 9.17) is 0 Å². The van der Waals surface area contributed by atoms with Gasteiger partial charge in [0, 0.05) is 59.9 Å². The first kappa shape index (κ1) is 26.3. The van der Waals surface area contributed by atoms with Gasteiger partial charge in [0.25, 0.3) is 0 Å². The average Bonchev–Trinajstić information content (AvgIpc) is 3.70. The summed E-state index contributed by atoms with van der Waals surface area (Å²) >= 11 is 7.81. The van der Waals surface area contributed by atoms with E-state index in [0.29, 0.717) is 0 Å². The molecule has 4 aromatic heterocycles. The molecule has 0 aliphatic heterocycles. The van der Waals surface area contributed by atoms with Gasteiger partial charge in [0.15, 0.2) is 0 Å². The van der Waals surface area contributed by atoms with Crippen molar-refractivity contribution >= 4 is 97.8 Å². The van der Waals surface area contributed by atoms with Gasteiger partial charge in [0.05, 0.1) is 0 Å². The summed E-state index contributed by atoms with van der Waals surface area (Å²) in [6.07, 6.45) is 17.7. The fourth-order valence-electron chi connectivity index (χ4n) is 5.43. The van der Waals surface area contributed by atoms with Crippen molar-refractivity contribution < 1.29 is 0 Å². The molecule has 0 spiro atoms. The Labute approximate surface area is 242 Å². The first-order valence-corrected chi connectivity index (χ1v) is 17.6. The number of fused-ring (bicyclic) bond motifs is 6. The Morgan fingerprint density at radius 2 is 0.868 bits per heavy atom. The molecule has 6 aromatic rings. The predicted octanol–water partition coefficient (Wildman–Crippen LogP) is 13.0. The van der Waals surface area contributed by atoms with Crippen molar-refractivity contribution in [3.05, 3.63) is 68.0 Å². The van der Waals surface area contributed by atoms with E-state index in [1.165, 1.54) is 114 Å². The van der Waals surface area contributed by atoms with Gasteiger partial charge in [-0.05, 0) is 86.4 Å². The Balaban J connectivity index is 1.22. The summed E-state index contributed by atoms with van der Waals surface area (Å²) in [5.74, 6) is 0. The molecule has 0 radical (unpaired) electrons. The predicted molar refractivity (Wildman–Crippen MR) is 179 cm³/mol. The maximum absolute atomic E-state index is 2.46. The largest absolute Gasteiger partial charge is 0.140 e. The molecule has 0 N–H and O–H groups in total. The van der Waals surface area contributed by atoms with Gasteiger partial charge >= 0.3 is 0 Å². The molecule has 0 aliphatic rings. The van der Waals surface area contributed by atoms with Gasteiger partial charge < -0.3 is 0 Å². The number of hydrogen-bond donors (Lipinski definition) is 0. The average molecular weight is 573 g/mol. The van der Waals surface area contributed by atoms with E-state index in [9.17, 15) is 0 Å². The summed E-state index contributed by atoms with van der Waals surface area (Å²) in [4.78, 5) is 5.77. The lowest BCUT2D eigenvalue weighted by Crippen LogP contribution is -1.80. The number of unbranched alkanes of at least 4 members (excludes halogenated alkanes) is 6. The number of thiophene rings is 4. The van der Waals surface area contributed by atoms with Crippen molar-refractivity contribution in [2.45, 2.75) is 78.1 Å². The molecule has 0 amide bonds. The first-order chi connectivity index (χ1) is 18.7. The van der Waals surface area contributed by atoms with Gasteiger partial charge in [-0.15, -0.1) is 45.3 Å². The van der Waals surface area contributed by atoms with E-state index in [2.05, 4.69) is 74.5 Å². The Morgan fingerprint density at radius 3 is 1.29 bits per heavy atom. The van der Waals surface area contributed by atoms with Crippen molar-refractivity contribution in [3.8, 4) is 0 Å². The summed E-state index contributed by atoms with van der Waals surface area (Å²) in [5.41, 5.74) is 0. The highest BCUT2D eigenvalue weighted by atomic mass is 32.1. The highest BCUT2D eigenvalue weighted by Crippen LogP contribution is 2.39. The quantitative estimate of drug-likeness (QED) is 0.128. The van der Waals surface area contributed by atoms with Gasteiger partial charge in [-0.25, -0.2) is 0 Å². The van der Waals surface area contributed by atoms with Crippen molar-refractivity contribution in [2.75, 3.05) is 0 Å². The van der Waals surface area contributed by atoms with Gasteiger partial charge in [0.1, 0.15) is 0 Å². The first-order valence-electron chi connectivity index (χ1n) is 14.3. The van der Waals surface area contributed by atoms with Crippen LogP contribution in [0.1, 0.15) is 84.7 Å². The lowest BCUT2D eigenvalue weighted by atomic mass is 10.1. The van der Waals surface area contributed by atoms with Crippen LogP contribution in [0.2, 0.25) is 0 Å². The molecule has 4 heteroatoms. The van der Waals surface area contributed by atoms with Crippen molar-refractivity contribution in [1.82, 2.24) is 0 Å². The Kier molecular flexibility index (Phi) is 8.32. The van der Waals surface area contributed by atoms with E-state index in [0.717, 1.165) is 0 Å². The van der Waals surface area contributed by atoms with Gasteiger partial charge in [-0.1, -0.05) is 52.4 Å². The minimum Gasteiger partial charge on any atom is -0.140 e. The molecule has 0 nitrogen and oxygen atoms in total. The Bertz CT molecular complexity index is 1570. The molecule has 38 heavy (non-hydrogen) atoms. The van der Waals surface area contributed by atoms with Crippen molar-refractivity contribution in [1.29, 1.82) is 0 Å². The minimum absolute atomic E-state index is 1.22. The van der Waals surface area contributed by atoms with Crippen LogP contribution in [0.15, 0.2) is 48.5 Å². The molecule has 0 saturated heterocycles. The second kappa shape index (κ2) is 12.0. The SMILES string of the molecule is CCCCCCc1cc2c(ccc3sc(/C=C/c4cc5c(ccc6sc(CCCCCC)cc65)s4)cc32)s1. The van der Waals surface area contributed by atoms with E-state index in [1.54, 1.807) is 9.75 Å². The van der Waals surface area contributed by atoms with Crippen LogP contribution in [-0.4, -0.2) is 0 Å². The van der Waals surface area contributed by atoms with Crippen LogP contribution in [0.3, 0.4) is 0 Å². The zero-order chi connectivity index (χ0) is 25.9. The number of hydrogen-bond acceptors (Lipinski definition) is 4. The molecule has 0 atom stereocenters. The summed E-state index contributed by atoms with van der Waals surface area (Å²) in [7, 11) is 0. The molecule has 0 saturated carbocycles. The van der Waals surface area contributed by atoms with Crippen LogP contribution in [-0.2, 0) is 12.8 Å². The van der Waals surface area contributed by atoms with E-state index in [-0.39, 0.29) is 0 Å². The maximum Gasteiger partial charge on any atom is 0.0356 e. The van der Waals surface area contributed by atoms with Crippen LogP contribution in [0, 0.1) is 0 Å². The minimum atomic E-state index is 1.22. The Hall–Kier alpha value is -1.98. The van der Waals surface area contributed by atoms with E-state index < -0.39 is 0 Å². The highest BCUT2D eigenvalue weighted by Gasteiger charge is 2.11. The molecule has 0 bridgehead atoms.